The number of hydrogen-bond acceptors (Lipinski definition) is 3. The third kappa shape index (κ3) is 4.85. The van der Waals surface area contributed by atoms with Crippen LogP contribution in [0.1, 0.15) is 35.7 Å². The summed E-state index contributed by atoms with van der Waals surface area (Å²) in [5, 5.41) is 0. The SMILES string of the molecule is CC(C)c1ccc(C(=O)N=C(N)N)cc1S(C)(=O)=O.[Pb]. The first-order valence-corrected chi connectivity index (χ1v) is 7.50. The van der Waals surface area contributed by atoms with Gasteiger partial charge >= 0.3 is 0 Å². The van der Waals surface area contributed by atoms with Crippen molar-refractivity contribution in [2.75, 3.05) is 6.26 Å². The Morgan fingerprint density at radius 2 is 1.80 bits per heavy atom. The van der Waals surface area contributed by atoms with Gasteiger partial charge < -0.3 is 11.5 Å². The molecule has 6 nitrogen and oxygen atoms in total. The van der Waals surface area contributed by atoms with Crippen LogP contribution in [0.2, 0.25) is 0 Å². The van der Waals surface area contributed by atoms with Crippen LogP contribution in [0, 0.1) is 0 Å². The van der Waals surface area contributed by atoms with Crippen LogP contribution >= 0.6 is 0 Å². The molecule has 1 aromatic carbocycles. The summed E-state index contributed by atoms with van der Waals surface area (Å²) in [6.07, 6.45) is 1.10. The van der Waals surface area contributed by atoms with Gasteiger partial charge in [0.15, 0.2) is 15.8 Å². The fourth-order valence-corrected chi connectivity index (χ4v) is 2.72. The van der Waals surface area contributed by atoms with Crippen LogP contribution in [-0.4, -0.2) is 53.8 Å². The zero-order valence-corrected chi connectivity index (χ0v) is 16.2. The summed E-state index contributed by atoms with van der Waals surface area (Å²) >= 11 is 0. The van der Waals surface area contributed by atoms with E-state index in [0.29, 0.717) is 5.56 Å². The van der Waals surface area contributed by atoms with E-state index in [9.17, 15) is 13.2 Å². The van der Waals surface area contributed by atoms with Crippen LogP contribution in [0.3, 0.4) is 0 Å². The molecule has 4 N–H and O–H groups in total. The predicted molar refractivity (Wildman–Crippen MR) is 79.5 cm³/mol. The Morgan fingerprint density at radius 3 is 2.20 bits per heavy atom. The molecule has 8 heteroatoms. The van der Waals surface area contributed by atoms with Gasteiger partial charge in [0.25, 0.3) is 5.91 Å². The molecule has 0 fully saturated rings. The quantitative estimate of drug-likeness (QED) is 0.358. The fourth-order valence-electron chi connectivity index (χ4n) is 1.65. The van der Waals surface area contributed by atoms with Gasteiger partial charge in [-0.3, -0.25) is 4.79 Å². The number of nitrogens with zero attached hydrogens (tertiary/aromatic N) is 1. The van der Waals surface area contributed by atoms with Crippen molar-refractivity contribution in [3.05, 3.63) is 29.3 Å². The van der Waals surface area contributed by atoms with E-state index in [0.717, 1.165) is 6.26 Å². The number of nitrogens with two attached hydrogens (primary N) is 2. The zero-order valence-electron chi connectivity index (χ0n) is 11.5. The number of amides is 1. The van der Waals surface area contributed by atoms with Crippen LogP contribution < -0.4 is 11.5 Å². The Labute approximate surface area is 138 Å². The summed E-state index contributed by atoms with van der Waals surface area (Å²) in [6.45, 7) is 3.75. The molecule has 0 atom stereocenters. The molecule has 0 bridgehead atoms. The normalized spacial score (nSPS) is 10.8. The number of sulfone groups is 1. The number of hydrogen-bond donors (Lipinski definition) is 2. The zero-order chi connectivity index (χ0) is 14.8. The van der Waals surface area contributed by atoms with Crippen molar-refractivity contribution in [1.82, 2.24) is 0 Å². The summed E-state index contributed by atoms with van der Waals surface area (Å²) in [4.78, 5) is 15.2. The van der Waals surface area contributed by atoms with E-state index in [1.165, 1.54) is 12.1 Å². The van der Waals surface area contributed by atoms with Crippen molar-refractivity contribution < 1.29 is 13.2 Å². The average molecular weight is 491 g/mol. The van der Waals surface area contributed by atoms with Gasteiger partial charge in [-0.25, -0.2) is 8.42 Å². The minimum absolute atomic E-state index is 0. The van der Waals surface area contributed by atoms with E-state index < -0.39 is 15.7 Å². The van der Waals surface area contributed by atoms with Gasteiger partial charge in [-0.05, 0) is 23.6 Å². The molecule has 4 radical (unpaired) electrons. The molecule has 0 aliphatic heterocycles. The molecule has 0 aromatic heterocycles. The van der Waals surface area contributed by atoms with E-state index in [1.807, 2.05) is 13.8 Å². The third-order valence-corrected chi connectivity index (χ3v) is 3.67. The van der Waals surface area contributed by atoms with Crippen molar-refractivity contribution in [3.63, 3.8) is 0 Å². The van der Waals surface area contributed by atoms with Crippen LogP contribution in [0.4, 0.5) is 0 Å². The van der Waals surface area contributed by atoms with Gasteiger partial charge in [-0.1, -0.05) is 19.9 Å². The Bertz CT molecular complexity index is 635. The minimum Gasteiger partial charge on any atom is -0.370 e. The summed E-state index contributed by atoms with van der Waals surface area (Å²) in [5.41, 5.74) is 11.0. The van der Waals surface area contributed by atoms with E-state index in [2.05, 4.69) is 4.99 Å². The minimum atomic E-state index is -3.43. The van der Waals surface area contributed by atoms with E-state index in [-0.39, 0.29) is 49.6 Å². The number of benzene rings is 1. The molecule has 0 saturated heterocycles. The summed E-state index contributed by atoms with van der Waals surface area (Å²) < 4.78 is 23.5. The van der Waals surface area contributed by atoms with Crippen LogP contribution in [0.25, 0.3) is 0 Å². The van der Waals surface area contributed by atoms with Crippen LogP contribution in [-0.2, 0) is 9.84 Å². The standard InChI is InChI=1S/C12H17N3O3S.Pb/c1-7(2)9-5-4-8(11(16)15-12(13)14)6-10(9)19(3,17)18;/h4-7H,1-3H3,(H4,13,14,15,16);. The van der Waals surface area contributed by atoms with E-state index >= 15 is 0 Å². The Hall–Kier alpha value is -0.968. The number of rotatable bonds is 3. The second kappa shape index (κ2) is 7.16. The Balaban J connectivity index is 0.00000361. The maximum Gasteiger partial charge on any atom is 0.280 e. The van der Waals surface area contributed by atoms with Gasteiger partial charge in [0.2, 0.25) is 0 Å². The molecule has 108 valence electrons. The molecule has 1 amide bonds. The van der Waals surface area contributed by atoms with Gasteiger partial charge in [0.05, 0.1) is 4.90 Å². The number of carbonyl (C=O) groups is 1. The molecule has 1 aromatic rings. The maximum absolute atomic E-state index is 11.8. The van der Waals surface area contributed by atoms with Gasteiger partial charge in [-0.2, -0.15) is 4.99 Å². The van der Waals surface area contributed by atoms with E-state index in [4.69, 9.17) is 11.5 Å². The number of aliphatic imine (C=N–C) groups is 1. The summed E-state index contributed by atoms with van der Waals surface area (Å²) in [6, 6.07) is 4.43. The second-order valence-corrected chi connectivity index (χ2v) is 6.51. The van der Waals surface area contributed by atoms with Crippen molar-refractivity contribution in [2.24, 2.45) is 16.5 Å². The van der Waals surface area contributed by atoms with Crippen molar-refractivity contribution in [3.8, 4) is 0 Å². The molecule has 0 aliphatic rings. The molecule has 0 saturated carbocycles. The number of carbonyl (C=O) groups excluding carboxylic acids is 1. The van der Waals surface area contributed by atoms with Crippen molar-refractivity contribution in [1.29, 1.82) is 0 Å². The molecular formula is C12H17N3O3PbS. The van der Waals surface area contributed by atoms with Crippen LogP contribution in [0.5, 0.6) is 0 Å². The number of guanidine groups is 1. The maximum atomic E-state index is 11.8. The third-order valence-electron chi connectivity index (χ3n) is 2.51. The Kier molecular flexibility index (Phi) is 6.81. The van der Waals surface area contributed by atoms with Gasteiger partial charge in [-0.15, -0.1) is 0 Å². The van der Waals surface area contributed by atoms with Crippen molar-refractivity contribution >= 4 is 49.0 Å². The Morgan fingerprint density at radius 1 is 1.25 bits per heavy atom. The topological polar surface area (TPSA) is 116 Å². The molecular weight excluding hydrogens is 473 g/mol. The van der Waals surface area contributed by atoms with E-state index in [1.54, 1.807) is 6.07 Å². The van der Waals surface area contributed by atoms with Crippen LogP contribution in [0.15, 0.2) is 28.1 Å². The fraction of sp³-hybridized carbons (Fsp3) is 0.333. The first-order chi connectivity index (χ1) is 8.62. The predicted octanol–water partition coefficient (Wildman–Crippen LogP) is 0.246. The molecule has 0 unspecified atom stereocenters. The molecule has 0 aliphatic carbocycles. The first kappa shape index (κ1) is 19.0. The van der Waals surface area contributed by atoms with Crippen molar-refractivity contribution in [2.45, 2.75) is 24.7 Å². The summed E-state index contributed by atoms with van der Waals surface area (Å²) in [5.74, 6) is -1.00. The first-order valence-electron chi connectivity index (χ1n) is 5.61. The largest absolute Gasteiger partial charge is 0.370 e. The molecule has 1 rings (SSSR count). The monoisotopic (exact) mass is 491 g/mol. The van der Waals surface area contributed by atoms with Gasteiger partial charge in [0.1, 0.15) is 0 Å². The molecule has 0 spiro atoms. The van der Waals surface area contributed by atoms with Gasteiger partial charge in [0, 0.05) is 39.1 Å². The average Bonchev–Trinajstić information content (AvgIpc) is 2.25. The second-order valence-electron chi connectivity index (χ2n) is 4.52. The molecule has 20 heavy (non-hydrogen) atoms. The smallest absolute Gasteiger partial charge is 0.280 e. The molecule has 0 heterocycles. The summed E-state index contributed by atoms with van der Waals surface area (Å²) in [7, 11) is -3.43.